The zero-order valence-electron chi connectivity index (χ0n) is 9.70. The first-order valence-corrected chi connectivity index (χ1v) is 5.43. The first kappa shape index (κ1) is 11.4. The number of pyridine rings is 1. The molecule has 2 aromatic rings. The number of hydrogen-bond acceptors (Lipinski definition) is 2. The average Bonchev–Trinajstić information content (AvgIpc) is 2.27. The number of H-pyrrole nitrogens is 1. The predicted octanol–water partition coefficient (Wildman–Crippen LogP) is 2.10. The third-order valence-electron chi connectivity index (χ3n) is 2.96. The lowest BCUT2D eigenvalue weighted by Gasteiger charge is -2.06. The van der Waals surface area contributed by atoms with Crippen LogP contribution in [0.15, 0.2) is 23.0 Å². The summed E-state index contributed by atoms with van der Waals surface area (Å²) < 4.78 is 0. The van der Waals surface area contributed by atoms with Crippen LogP contribution in [0.3, 0.4) is 0 Å². The van der Waals surface area contributed by atoms with Gasteiger partial charge in [-0.25, -0.2) is 4.79 Å². The van der Waals surface area contributed by atoms with Gasteiger partial charge in [-0.15, -0.1) is 0 Å². The number of carboxylic acid groups (broad SMARTS) is 1. The maximum absolute atomic E-state index is 11.7. The molecule has 1 aromatic carbocycles. The molecule has 0 unspecified atom stereocenters. The van der Waals surface area contributed by atoms with Gasteiger partial charge >= 0.3 is 5.97 Å². The van der Waals surface area contributed by atoms with Crippen molar-refractivity contribution in [3.63, 3.8) is 0 Å². The summed E-state index contributed by atoms with van der Waals surface area (Å²) in [5.41, 5.74) is 1.59. The van der Waals surface area contributed by atoms with E-state index in [9.17, 15) is 9.59 Å². The number of carboxylic acids is 1. The molecule has 0 saturated heterocycles. The van der Waals surface area contributed by atoms with E-state index in [4.69, 9.17) is 5.11 Å². The molecule has 1 aromatic heterocycles. The third kappa shape index (κ3) is 1.82. The summed E-state index contributed by atoms with van der Waals surface area (Å²) in [6.07, 6.45) is 0.873. The highest BCUT2D eigenvalue weighted by Gasteiger charge is 2.15. The summed E-state index contributed by atoms with van der Waals surface area (Å²) in [6.45, 7) is 3.68. The summed E-state index contributed by atoms with van der Waals surface area (Å²) in [6, 6.07) is 5.68. The van der Waals surface area contributed by atoms with Crippen molar-refractivity contribution in [3.8, 4) is 0 Å². The van der Waals surface area contributed by atoms with Crippen LogP contribution in [0.2, 0.25) is 0 Å². The van der Waals surface area contributed by atoms with Gasteiger partial charge in [-0.05, 0) is 30.5 Å². The van der Waals surface area contributed by atoms with E-state index < -0.39 is 11.5 Å². The second-order valence-electron chi connectivity index (χ2n) is 3.99. The number of rotatable bonds is 2. The molecule has 1 heterocycles. The summed E-state index contributed by atoms with van der Waals surface area (Å²) in [5, 5.41) is 9.76. The largest absolute Gasteiger partial charge is 0.477 e. The standard InChI is InChI=1S/C13H13NO3/c1-3-8-4-5-9-7(2)11(13(16)17)12(15)14-10(9)6-8/h4-6H,3H2,1-2H3,(H,14,15)(H,16,17). The highest BCUT2D eigenvalue weighted by atomic mass is 16.4. The molecule has 0 saturated carbocycles. The second kappa shape index (κ2) is 4.05. The van der Waals surface area contributed by atoms with E-state index in [1.54, 1.807) is 6.92 Å². The van der Waals surface area contributed by atoms with Crippen molar-refractivity contribution >= 4 is 16.9 Å². The van der Waals surface area contributed by atoms with Crippen LogP contribution in [0, 0.1) is 6.92 Å². The Hall–Kier alpha value is -2.10. The van der Waals surface area contributed by atoms with Crippen molar-refractivity contribution in [2.24, 2.45) is 0 Å². The average molecular weight is 231 g/mol. The van der Waals surface area contributed by atoms with Crippen LogP contribution in [0.25, 0.3) is 10.9 Å². The van der Waals surface area contributed by atoms with Gasteiger partial charge in [0.05, 0.1) is 0 Å². The fraction of sp³-hybridized carbons (Fsp3) is 0.231. The quantitative estimate of drug-likeness (QED) is 0.831. The number of carbonyl (C=O) groups is 1. The van der Waals surface area contributed by atoms with Crippen LogP contribution in [0.5, 0.6) is 0 Å². The number of nitrogens with one attached hydrogen (secondary N) is 1. The number of fused-ring (bicyclic) bond motifs is 1. The van der Waals surface area contributed by atoms with Crippen molar-refractivity contribution in [2.75, 3.05) is 0 Å². The topological polar surface area (TPSA) is 70.2 Å². The van der Waals surface area contributed by atoms with Crippen molar-refractivity contribution in [3.05, 3.63) is 45.2 Å². The molecule has 2 rings (SSSR count). The van der Waals surface area contributed by atoms with Gasteiger partial charge in [0.1, 0.15) is 5.56 Å². The molecule has 0 aliphatic heterocycles. The first-order chi connectivity index (χ1) is 8.04. The van der Waals surface area contributed by atoms with E-state index in [0.717, 1.165) is 17.4 Å². The van der Waals surface area contributed by atoms with Crippen LogP contribution >= 0.6 is 0 Å². The van der Waals surface area contributed by atoms with Gasteiger partial charge in [-0.2, -0.15) is 0 Å². The lowest BCUT2D eigenvalue weighted by molar-refractivity contribution is 0.0694. The highest BCUT2D eigenvalue weighted by molar-refractivity contribution is 5.95. The fourth-order valence-corrected chi connectivity index (χ4v) is 1.99. The Morgan fingerprint density at radius 2 is 2.12 bits per heavy atom. The fourth-order valence-electron chi connectivity index (χ4n) is 1.99. The number of aromatic carboxylic acids is 1. The Morgan fingerprint density at radius 1 is 1.41 bits per heavy atom. The van der Waals surface area contributed by atoms with Crippen molar-refractivity contribution in [1.29, 1.82) is 0 Å². The SMILES string of the molecule is CCc1ccc2c(C)c(C(=O)O)c(=O)[nH]c2c1. The number of aromatic amines is 1. The van der Waals surface area contributed by atoms with Gasteiger partial charge in [0.15, 0.2) is 0 Å². The van der Waals surface area contributed by atoms with Crippen LogP contribution in [0.1, 0.15) is 28.4 Å². The van der Waals surface area contributed by atoms with Gasteiger partial charge in [0.25, 0.3) is 5.56 Å². The minimum absolute atomic E-state index is 0.179. The number of benzene rings is 1. The van der Waals surface area contributed by atoms with Gasteiger partial charge < -0.3 is 10.1 Å². The van der Waals surface area contributed by atoms with E-state index in [-0.39, 0.29) is 5.56 Å². The van der Waals surface area contributed by atoms with E-state index in [1.165, 1.54) is 0 Å². The third-order valence-corrected chi connectivity index (χ3v) is 2.96. The molecule has 0 atom stereocenters. The first-order valence-electron chi connectivity index (χ1n) is 5.43. The maximum Gasteiger partial charge on any atom is 0.341 e. The van der Waals surface area contributed by atoms with E-state index in [1.807, 2.05) is 25.1 Å². The Morgan fingerprint density at radius 3 is 2.71 bits per heavy atom. The van der Waals surface area contributed by atoms with E-state index in [0.29, 0.717) is 11.1 Å². The van der Waals surface area contributed by atoms with Crippen LogP contribution in [-0.4, -0.2) is 16.1 Å². The minimum atomic E-state index is -1.19. The molecule has 0 amide bonds. The Balaban J connectivity index is 2.86. The molecule has 0 aliphatic carbocycles. The Bertz CT molecular complexity index is 655. The normalized spacial score (nSPS) is 10.7. The maximum atomic E-state index is 11.7. The van der Waals surface area contributed by atoms with Crippen molar-refractivity contribution < 1.29 is 9.90 Å². The van der Waals surface area contributed by atoms with Crippen molar-refractivity contribution in [2.45, 2.75) is 20.3 Å². The zero-order valence-corrected chi connectivity index (χ0v) is 9.70. The number of aryl methyl sites for hydroxylation is 2. The Kier molecular flexibility index (Phi) is 2.71. The van der Waals surface area contributed by atoms with Crippen LogP contribution in [0.4, 0.5) is 0 Å². The van der Waals surface area contributed by atoms with Crippen molar-refractivity contribution in [1.82, 2.24) is 4.98 Å². The Labute approximate surface area is 97.9 Å². The molecule has 2 N–H and O–H groups in total. The summed E-state index contributed by atoms with van der Waals surface area (Å²) in [4.78, 5) is 25.3. The smallest absolute Gasteiger partial charge is 0.341 e. The van der Waals surface area contributed by atoms with Gasteiger partial charge in [-0.3, -0.25) is 4.79 Å². The molecule has 4 nitrogen and oxygen atoms in total. The van der Waals surface area contributed by atoms with E-state index >= 15 is 0 Å². The summed E-state index contributed by atoms with van der Waals surface area (Å²) in [5.74, 6) is -1.19. The van der Waals surface area contributed by atoms with Gasteiger partial charge in [0.2, 0.25) is 0 Å². The van der Waals surface area contributed by atoms with Gasteiger partial charge in [-0.1, -0.05) is 19.1 Å². The monoisotopic (exact) mass is 231 g/mol. The number of aromatic nitrogens is 1. The lowest BCUT2D eigenvalue weighted by Crippen LogP contribution is -2.19. The molecule has 17 heavy (non-hydrogen) atoms. The second-order valence-corrected chi connectivity index (χ2v) is 3.99. The predicted molar refractivity (Wildman–Crippen MR) is 65.6 cm³/mol. The van der Waals surface area contributed by atoms with Crippen LogP contribution < -0.4 is 5.56 Å². The molecule has 0 aliphatic rings. The summed E-state index contributed by atoms with van der Waals surface area (Å²) >= 11 is 0. The van der Waals surface area contributed by atoms with Gasteiger partial charge in [0, 0.05) is 10.9 Å². The number of hydrogen-bond donors (Lipinski definition) is 2. The molecule has 4 heteroatoms. The molecule has 0 radical (unpaired) electrons. The van der Waals surface area contributed by atoms with E-state index in [2.05, 4.69) is 4.98 Å². The lowest BCUT2D eigenvalue weighted by atomic mass is 10.0. The zero-order chi connectivity index (χ0) is 12.6. The molecule has 0 fully saturated rings. The molecule has 0 bridgehead atoms. The molecule has 88 valence electrons. The molecular formula is C13H13NO3. The minimum Gasteiger partial charge on any atom is -0.477 e. The van der Waals surface area contributed by atoms with Crippen LogP contribution in [-0.2, 0) is 6.42 Å². The molecular weight excluding hydrogens is 218 g/mol. The highest BCUT2D eigenvalue weighted by Crippen LogP contribution is 2.19. The summed E-state index contributed by atoms with van der Waals surface area (Å²) in [7, 11) is 0. The molecule has 0 spiro atoms.